The van der Waals surface area contributed by atoms with Gasteiger partial charge in [0.25, 0.3) is 0 Å². The van der Waals surface area contributed by atoms with E-state index < -0.39 is 0 Å². The predicted molar refractivity (Wildman–Crippen MR) is 72.2 cm³/mol. The Hall–Kier alpha value is -0.800. The average molecular weight is 251 g/mol. The zero-order valence-electron chi connectivity index (χ0n) is 11.7. The largest absolute Gasteiger partial charge is 0.462 e. The molecule has 0 saturated heterocycles. The first kappa shape index (κ1) is 13.6. The van der Waals surface area contributed by atoms with E-state index in [9.17, 15) is 0 Å². The SMILES string of the molecule is CNCc1ccc(COC2CCC(C)C(C)C2)o1. The highest BCUT2D eigenvalue weighted by Gasteiger charge is 2.25. The van der Waals surface area contributed by atoms with Crippen molar-refractivity contribution in [1.82, 2.24) is 5.32 Å². The lowest BCUT2D eigenvalue weighted by molar-refractivity contribution is -0.0142. The summed E-state index contributed by atoms with van der Waals surface area (Å²) in [7, 11) is 1.92. The lowest BCUT2D eigenvalue weighted by Gasteiger charge is -2.31. The first-order chi connectivity index (χ1) is 8.69. The maximum atomic E-state index is 5.97. The van der Waals surface area contributed by atoms with Gasteiger partial charge in [0.2, 0.25) is 0 Å². The minimum atomic E-state index is 0.411. The Kier molecular flexibility index (Phi) is 4.84. The van der Waals surface area contributed by atoms with Crippen LogP contribution in [0, 0.1) is 11.8 Å². The summed E-state index contributed by atoms with van der Waals surface area (Å²) in [6, 6.07) is 4.03. The first-order valence-corrected chi connectivity index (χ1v) is 7.02. The summed E-state index contributed by atoms with van der Waals surface area (Å²) >= 11 is 0. The molecule has 1 aliphatic carbocycles. The number of furan rings is 1. The van der Waals surface area contributed by atoms with Crippen LogP contribution in [-0.4, -0.2) is 13.2 Å². The molecule has 0 spiro atoms. The Morgan fingerprint density at radius 3 is 2.72 bits per heavy atom. The van der Waals surface area contributed by atoms with E-state index in [0.717, 1.165) is 29.9 Å². The van der Waals surface area contributed by atoms with Crippen LogP contribution in [0.25, 0.3) is 0 Å². The molecule has 2 rings (SSSR count). The molecule has 0 aromatic carbocycles. The van der Waals surface area contributed by atoms with Gasteiger partial charge >= 0.3 is 0 Å². The third-order valence-electron chi connectivity index (χ3n) is 4.08. The van der Waals surface area contributed by atoms with Crippen molar-refractivity contribution in [3.05, 3.63) is 23.7 Å². The molecule has 1 heterocycles. The van der Waals surface area contributed by atoms with Crippen LogP contribution < -0.4 is 5.32 Å². The second-order valence-electron chi connectivity index (χ2n) is 5.60. The minimum Gasteiger partial charge on any atom is -0.462 e. The predicted octanol–water partition coefficient (Wildman–Crippen LogP) is 3.34. The Morgan fingerprint density at radius 1 is 1.22 bits per heavy atom. The van der Waals surface area contributed by atoms with Crippen molar-refractivity contribution in [2.24, 2.45) is 11.8 Å². The topological polar surface area (TPSA) is 34.4 Å². The van der Waals surface area contributed by atoms with Crippen molar-refractivity contribution in [3.8, 4) is 0 Å². The first-order valence-electron chi connectivity index (χ1n) is 7.02. The average Bonchev–Trinajstić information content (AvgIpc) is 2.79. The minimum absolute atomic E-state index is 0.411. The van der Waals surface area contributed by atoms with E-state index in [2.05, 4.69) is 19.2 Å². The van der Waals surface area contributed by atoms with Gasteiger partial charge in [-0.3, -0.25) is 0 Å². The highest BCUT2D eigenvalue weighted by molar-refractivity contribution is 5.06. The van der Waals surface area contributed by atoms with Gasteiger partial charge in [-0.15, -0.1) is 0 Å². The molecule has 0 radical (unpaired) electrons. The maximum absolute atomic E-state index is 5.97. The number of ether oxygens (including phenoxy) is 1. The number of hydrogen-bond acceptors (Lipinski definition) is 3. The fourth-order valence-corrected chi connectivity index (χ4v) is 2.62. The van der Waals surface area contributed by atoms with Gasteiger partial charge in [-0.1, -0.05) is 13.8 Å². The van der Waals surface area contributed by atoms with Crippen molar-refractivity contribution in [2.45, 2.75) is 52.4 Å². The Bertz CT molecular complexity index is 361. The standard InChI is InChI=1S/C15H25NO2/c1-11-4-5-13(8-12(11)2)17-10-15-7-6-14(18-15)9-16-3/h6-7,11-13,16H,4-5,8-10H2,1-3H3. The van der Waals surface area contributed by atoms with Crippen LogP contribution in [-0.2, 0) is 17.9 Å². The molecule has 1 aliphatic rings. The molecular weight excluding hydrogens is 226 g/mol. The second kappa shape index (κ2) is 6.39. The smallest absolute Gasteiger partial charge is 0.129 e. The molecule has 3 heteroatoms. The monoisotopic (exact) mass is 251 g/mol. The molecule has 1 N–H and O–H groups in total. The quantitative estimate of drug-likeness (QED) is 0.871. The fourth-order valence-electron chi connectivity index (χ4n) is 2.62. The zero-order valence-corrected chi connectivity index (χ0v) is 11.7. The summed E-state index contributed by atoms with van der Waals surface area (Å²) in [6.45, 7) is 6.06. The van der Waals surface area contributed by atoms with Gasteiger partial charge in [0.15, 0.2) is 0 Å². The number of nitrogens with one attached hydrogen (secondary N) is 1. The zero-order chi connectivity index (χ0) is 13.0. The van der Waals surface area contributed by atoms with E-state index in [1.54, 1.807) is 0 Å². The lowest BCUT2D eigenvalue weighted by atomic mass is 9.80. The van der Waals surface area contributed by atoms with Gasteiger partial charge in [0.05, 0.1) is 12.6 Å². The highest BCUT2D eigenvalue weighted by atomic mass is 16.5. The van der Waals surface area contributed by atoms with Crippen LogP contribution in [0.4, 0.5) is 0 Å². The van der Waals surface area contributed by atoms with E-state index in [4.69, 9.17) is 9.15 Å². The van der Waals surface area contributed by atoms with Crippen LogP contribution in [0.2, 0.25) is 0 Å². The molecule has 0 aliphatic heterocycles. The van der Waals surface area contributed by atoms with Gasteiger partial charge in [-0.2, -0.15) is 0 Å². The molecule has 3 nitrogen and oxygen atoms in total. The maximum Gasteiger partial charge on any atom is 0.129 e. The summed E-state index contributed by atoms with van der Waals surface area (Å²) < 4.78 is 11.6. The van der Waals surface area contributed by atoms with Crippen LogP contribution in [0.15, 0.2) is 16.5 Å². The van der Waals surface area contributed by atoms with Gasteiger partial charge in [-0.25, -0.2) is 0 Å². The van der Waals surface area contributed by atoms with E-state index in [0.29, 0.717) is 12.7 Å². The molecule has 3 unspecified atom stereocenters. The number of hydrogen-bond donors (Lipinski definition) is 1. The molecule has 3 atom stereocenters. The van der Waals surface area contributed by atoms with Crippen molar-refractivity contribution >= 4 is 0 Å². The summed E-state index contributed by atoms with van der Waals surface area (Å²) in [5.74, 6) is 3.53. The van der Waals surface area contributed by atoms with Crippen molar-refractivity contribution in [2.75, 3.05) is 7.05 Å². The van der Waals surface area contributed by atoms with Crippen molar-refractivity contribution in [1.29, 1.82) is 0 Å². The van der Waals surface area contributed by atoms with Crippen LogP contribution >= 0.6 is 0 Å². The molecule has 1 aromatic rings. The Morgan fingerprint density at radius 2 is 2.00 bits per heavy atom. The summed E-state index contributed by atoms with van der Waals surface area (Å²) in [5.41, 5.74) is 0. The number of rotatable bonds is 5. The normalized spacial score (nSPS) is 28.5. The summed E-state index contributed by atoms with van der Waals surface area (Å²) in [6.07, 6.45) is 4.07. The lowest BCUT2D eigenvalue weighted by Crippen LogP contribution is -2.26. The van der Waals surface area contributed by atoms with E-state index in [1.165, 1.54) is 19.3 Å². The molecule has 1 aromatic heterocycles. The van der Waals surface area contributed by atoms with E-state index in [-0.39, 0.29) is 0 Å². The molecule has 1 fully saturated rings. The molecule has 0 amide bonds. The Balaban J connectivity index is 1.77. The summed E-state index contributed by atoms with van der Waals surface area (Å²) in [4.78, 5) is 0. The summed E-state index contributed by atoms with van der Waals surface area (Å²) in [5, 5.41) is 3.08. The second-order valence-corrected chi connectivity index (χ2v) is 5.60. The molecule has 102 valence electrons. The van der Waals surface area contributed by atoms with E-state index >= 15 is 0 Å². The van der Waals surface area contributed by atoms with Crippen LogP contribution in [0.3, 0.4) is 0 Å². The molecule has 1 saturated carbocycles. The van der Waals surface area contributed by atoms with Gasteiger partial charge in [0, 0.05) is 0 Å². The highest BCUT2D eigenvalue weighted by Crippen LogP contribution is 2.31. The van der Waals surface area contributed by atoms with Crippen molar-refractivity contribution < 1.29 is 9.15 Å². The fraction of sp³-hybridized carbons (Fsp3) is 0.733. The van der Waals surface area contributed by atoms with E-state index in [1.807, 2.05) is 19.2 Å². The van der Waals surface area contributed by atoms with Gasteiger partial charge in [-0.05, 0) is 50.3 Å². The van der Waals surface area contributed by atoms with Crippen LogP contribution in [0.5, 0.6) is 0 Å². The molecular formula is C15H25NO2. The van der Waals surface area contributed by atoms with Crippen LogP contribution in [0.1, 0.15) is 44.6 Å². The third kappa shape index (κ3) is 3.59. The van der Waals surface area contributed by atoms with Gasteiger partial charge in [0.1, 0.15) is 18.1 Å². The Labute approximate surface area is 110 Å². The molecule has 0 bridgehead atoms. The molecule has 18 heavy (non-hydrogen) atoms. The third-order valence-corrected chi connectivity index (χ3v) is 4.08. The van der Waals surface area contributed by atoms with Gasteiger partial charge < -0.3 is 14.5 Å². The van der Waals surface area contributed by atoms with Crippen molar-refractivity contribution in [3.63, 3.8) is 0 Å².